The second kappa shape index (κ2) is 3.89. The Balaban J connectivity index is 2.75. The number of fused-ring (bicyclic) bond motifs is 1. The number of rotatable bonds is 3. The van der Waals surface area contributed by atoms with Gasteiger partial charge < -0.3 is 14.9 Å². The van der Waals surface area contributed by atoms with Gasteiger partial charge in [-0.1, -0.05) is 6.92 Å². The Kier molecular flexibility index (Phi) is 2.55. The summed E-state index contributed by atoms with van der Waals surface area (Å²) in [6.45, 7) is 1.79. The average molecular weight is 233 g/mol. The number of non-ortho nitro benzene ring substituents is 1. The van der Waals surface area contributed by atoms with Gasteiger partial charge in [0.2, 0.25) is 0 Å². The minimum Gasteiger partial charge on any atom is -0.543 e. The number of carboxylic acid groups (broad SMARTS) is 1. The predicted molar refractivity (Wildman–Crippen MR) is 58.7 cm³/mol. The van der Waals surface area contributed by atoms with Crippen molar-refractivity contribution in [1.29, 1.82) is 0 Å². The summed E-state index contributed by atoms with van der Waals surface area (Å²) in [6.07, 6.45) is 0.463. The topological polar surface area (TPSA) is 99.1 Å². The molecule has 0 aliphatic carbocycles. The smallest absolute Gasteiger partial charge is 0.270 e. The number of nitrogens with one attached hydrogen (secondary N) is 1. The van der Waals surface area contributed by atoms with Gasteiger partial charge in [0.15, 0.2) is 0 Å². The van der Waals surface area contributed by atoms with E-state index in [1.807, 2.05) is 0 Å². The van der Waals surface area contributed by atoms with Crippen molar-refractivity contribution in [3.63, 3.8) is 0 Å². The van der Waals surface area contributed by atoms with Gasteiger partial charge in [0.05, 0.1) is 16.6 Å². The SMILES string of the molecule is CCc1c(C(=O)[O-])[nH]c2ccc([N+](=O)[O-])cc12. The molecule has 0 fully saturated rings. The zero-order valence-corrected chi connectivity index (χ0v) is 9.02. The molecule has 1 aromatic carbocycles. The molecule has 0 radical (unpaired) electrons. The van der Waals surface area contributed by atoms with E-state index in [4.69, 9.17) is 0 Å². The number of aromatic amines is 1. The van der Waals surface area contributed by atoms with E-state index in [-0.39, 0.29) is 11.4 Å². The van der Waals surface area contributed by atoms with E-state index in [1.165, 1.54) is 18.2 Å². The van der Waals surface area contributed by atoms with Crippen molar-refractivity contribution in [2.45, 2.75) is 13.3 Å². The third-order valence-corrected chi connectivity index (χ3v) is 2.66. The second-order valence-electron chi connectivity index (χ2n) is 3.61. The van der Waals surface area contributed by atoms with Gasteiger partial charge in [-0.3, -0.25) is 10.1 Å². The number of hydrogen-bond acceptors (Lipinski definition) is 4. The van der Waals surface area contributed by atoms with E-state index in [0.29, 0.717) is 22.9 Å². The Bertz CT molecular complexity index is 615. The molecule has 0 aliphatic heterocycles. The van der Waals surface area contributed by atoms with Crippen LogP contribution < -0.4 is 5.11 Å². The van der Waals surface area contributed by atoms with Crippen molar-refractivity contribution >= 4 is 22.6 Å². The first-order valence-electron chi connectivity index (χ1n) is 5.05. The summed E-state index contributed by atoms with van der Waals surface area (Å²) in [4.78, 5) is 23.7. The molecule has 1 N–H and O–H groups in total. The summed E-state index contributed by atoms with van der Waals surface area (Å²) in [6, 6.07) is 4.20. The minimum atomic E-state index is -1.30. The van der Waals surface area contributed by atoms with Crippen molar-refractivity contribution in [1.82, 2.24) is 4.98 Å². The van der Waals surface area contributed by atoms with Gasteiger partial charge in [-0.25, -0.2) is 0 Å². The van der Waals surface area contributed by atoms with E-state index in [9.17, 15) is 20.0 Å². The molecule has 88 valence electrons. The van der Waals surface area contributed by atoms with E-state index in [1.54, 1.807) is 6.92 Å². The zero-order chi connectivity index (χ0) is 12.6. The Morgan fingerprint density at radius 2 is 2.18 bits per heavy atom. The van der Waals surface area contributed by atoms with Crippen LogP contribution in [0.4, 0.5) is 5.69 Å². The average Bonchev–Trinajstić information content (AvgIpc) is 2.66. The molecule has 0 spiro atoms. The molecular formula is C11H9N2O4-. The van der Waals surface area contributed by atoms with Crippen LogP contribution in [0.15, 0.2) is 18.2 Å². The maximum absolute atomic E-state index is 10.9. The van der Waals surface area contributed by atoms with Crippen molar-refractivity contribution in [3.05, 3.63) is 39.6 Å². The molecule has 1 aromatic heterocycles. The van der Waals surface area contributed by atoms with E-state index in [2.05, 4.69) is 4.98 Å². The Labute approximate surface area is 96.0 Å². The fourth-order valence-electron chi connectivity index (χ4n) is 1.89. The number of nitro benzene ring substituents is 1. The molecule has 0 saturated carbocycles. The molecule has 2 rings (SSSR count). The standard InChI is InChI=1S/C11H10N2O4/c1-2-7-8-5-6(13(16)17)3-4-9(8)12-10(7)11(14)15/h3-5,12H,2H2,1H3,(H,14,15)/p-1. The first-order chi connectivity index (χ1) is 8.04. The maximum Gasteiger partial charge on any atom is 0.270 e. The molecule has 0 bridgehead atoms. The lowest BCUT2D eigenvalue weighted by Gasteiger charge is -2.01. The number of aromatic nitrogens is 1. The molecule has 6 heteroatoms. The molecule has 6 nitrogen and oxygen atoms in total. The number of aromatic carboxylic acids is 1. The molecule has 0 amide bonds. The van der Waals surface area contributed by atoms with Crippen LogP contribution in [-0.4, -0.2) is 15.9 Å². The summed E-state index contributed by atoms with van der Waals surface area (Å²) in [5.74, 6) is -1.30. The Hall–Kier alpha value is -2.37. The number of carboxylic acids is 1. The first kappa shape index (κ1) is 11.1. The van der Waals surface area contributed by atoms with Gasteiger partial charge in [-0.05, 0) is 18.1 Å². The van der Waals surface area contributed by atoms with Crippen LogP contribution in [-0.2, 0) is 6.42 Å². The number of carbonyl (C=O) groups excluding carboxylic acids is 1. The minimum absolute atomic E-state index is 0.0111. The maximum atomic E-state index is 10.9. The summed E-state index contributed by atoms with van der Waals surface area (Å²) >= 11 is 0. The molecule has 2 aromatic rings. The molecule has 0 atom stereocenters. The van der Waals surface area contributed by atoms with Gasteiger partial charge in [0.25, 0.3) is 5.69 Å². The lowest BCUT2D eigenvalue weighted by molar-refractivity contribution is -0.384. The van der Waals surface area contributed by atoms with E-state index in [0.717, 1.165) is 0 Å². The monoisotopic (exact) mass is 233 g/mol. The Morgan fingerprint density at radius 1 is 1.47 bits per heavy atom. The molecule has 0 aliphatic rings. The molecule has 1 heterocycles. The summed E-state index contributed by atoms with van der Waals surface area (Å²) in [7, 11) is 0. The highest BCUT2D eigenvalue weighted by atomic mass is 16.6. The first-order valence-corrected chi connectivity index (χ1v) is 5.05. The number of hydrogen-bond donors (Lipinski definition) is 1. The summed E-state index contributed by atoms with van der Waals surface area (Å²) in [5, 5.41) is 22.1. The highest BCUT2D eigenvalue weighted by Gasteiger charge is 2.14. The number of nitro groups is 1. The van der Waals surface area contributed by atoms with Crippen molar-refractivity contribution in [2.24, 2.45) is 0 Å². The number of benzene rings is 1. The third-order valence-electron chi connectivity index (χ3n) is 2.66. The largest absolute Gasteiger partial charge is 0.543 e. The van der Waals surface area contributed by atoms with Crippen LogP contribution >= 0.6 is 0 Å². The zero-order valence-electron chi connectivity index (χ0n) is 9.02. The number of H-pyrrole nitrogens is 1. The third kappa shape index (κ3) is 1.73. The molecule has 0 saturated heterocycles. The molecule has 0 unspecified atom stereocenters. The van der Waals surface area contributed by atoms with E-state index >= 15 is 0 Å². The predicted octanol–water partition coefficient (Wildman–Crippen LogP) is 1.00. The quantitative estimate of drug-likeness (QED) is 0.631. The lowest BCUT2D eigenvalue weighted by Crippen LogP contribution is -2.23. The summed E-state index contributed by atoms with van der Waals surface area (Å²) < 4.78 is 0. The molecule has 17 heavy (non-hydrogen) atoms. The van der Waals surface area contributed by atoms with Crippen molar-refractivity contribution in [3.8, 4) is 0 Å². The van der Waals surface area contributed by atoms with Crippen LogP contribution in [0.25, 0.3) is 10.9 Å². The number of carbonyl (C=O) groups is 1. The van der Waals surface area contributed by atoms with Crippen LogP contribution in [0.3, 0.4) is 0 Å². The van der Waals surface area contributed by atoms with Crippen LogP contribution in [0.2, 0.25) is 0 Å². The van der Waals surface area contributed by atoms with Crippen LogP contribution in [0.5, 0.6) is 0 Å². The highest BCUT2D eigenvalue weighted by Crippen LogP contribution is 2.26. The highest BCUT2D eigenvalue weighted by molar-refractivity contribution is 5.97. The van der Waals surface area contributed by atoms with Gasteiger partial charge in [0.1, 0.15) is 0 Å². The molecular weight excluding hydrogens is 224 g/mol. The number of aryl methyl sites for hydroxylation is 1. The summed E-state index contributed by atoms with van der Waals surface area (Å²) in [5.41, 5.74) is 1.02. The second-order valence-corrected chi connectivity index (χ2v) is 3.61. The lowest BCUT2D eigenvalue weighted by atomic mass is 10.1. The fraction of sp³-hybridized carbons (Fsp3) is 0.182. The van der Waals surface area contributed by atoms with Crippen LogP contribution in [0.1, 0.15) is 23.0 Å². The van der Waals surface area contributed by atoms with Gasteiger partial charge in [0, 0.05) is 23.0 Å². The van der Waals surface area contributed by atoms with Gasteiger partial charge >= 0.3 is 0 Å². The normalized spacial score (nSPS) is 10.6. The number of nitrogens with zero attached hydrogens (tertiary/aromatic N) is 1. The van der Waals surface area contributed by atoms with Crippen LogP contribution in [0, 0.1) is 10.1 Å². The van der Waals surface area contributed by atoms with Gasteiger partial charge in [-0.2, -0.15) is 0 Å². The van der Waals surface area contributed by atoms with E-state index < -0.39 is 10.9 Å². The van der Waals surface area contributed by atoms with Gasteiger partial charge in [-0.15, -0.1) is 0 Å². The Morgan fingerprint density at radius 3 is 2.71 bits per heavy atom. The fourth-order valence-corrected chi connectivity index (χ4v) is 1.89. The van der Waals surface area contributed by atoms with Crippen molar-refractivity contribution in [2.75, 3.05) is 0 Å². The van der Waals surface area contributed by atoms with Crippen molar-refractivity contribution < 1.29 is 14.8 Å².